The molecule has 0 saturated carbocycles. The normalized spacial score (nSPS) is 13.3. The van der Waals surface area contributed by atoms with E-state index in [-0.39, 0.29) is 5.92 Å². The van der Waals surface area contributed by atoms with Crippen molar-refractivity contribution in [3.8, 4) is 0 Å². The van der Waals surface area contributed by atoms with Gasteiger partial charge in [-0.1, -0.05) is 74.5 Å². The van der Waals surface area contributed by atoms with E-state index < -0.39 is 29.9 Å². The zero-order chi connectivity index (χ0) is 19.8. The Hall–Kier alpha value is -2.66. The number of rotatable bonds is 8. The van der Waals surface area contributed by atoms with E-state index in [1.165, 1.54) is 7.11 Å². The zero-order valence-electron chi connectivity index (χ0n) is 16.0. The molecule has 0 saturated heterocycles. The number of benzene rings is 2. The fourth-order valence-corrected chi connectivity index (χ4v) is 3.11. The van der Waals surface area contributed by atoms with Crippen molar-refractivity contribution in [2.24, 2.45) is 5.92 Å². The highest BCUT2D eigenvalue weighted by molar-refractivity contribution is 5.88. The van der Waals surface area contributed by atoms with Crippen LogP contribution in [0.25, 0.3) is 0 Å². The average molecular weight is 369 g/mol. The molecule has 144 valence electrons. The molecule has 2 N–H and O–H groups in total. The molecule has 0 unspecified atom stereocenters. The van der Waals surface area contributed by atoms with E-state index in [1.807, 2.05) is 74.5 Å². The summed E-state index contributed by atoms with van der Waals surface area (Å²) in [5.41, 5.74) is 1.75. The number of hydrogen-bond donors (Lipinski definition) is 2. The quantitative estimate of drug-likeness (QED) is 0.702. The molecule has 2 aromatic carbocycles. The molecule has 0 bridgehead atoms. The van der Waals surface area contributed by atoms with Crippen molar-refractivity contribution in [1.29, 1.82) is 0 Å². The maximum atomic E-state index is 12.6. The SMILES string of the molecule is COC(=O)[C@H](NC(=O)[C@H](O)CC(C)C)C(c1ccccc1)c1ccccc1. The number of amides is 1. The number of nitrogens with one attached hydrogen (secondary N) is 1. The van der Waals surface area contributed by atoms with Gasteiger partial charge in [0, 0.05) is 5.92 Å². The fourth-order valence-electron chi connectivity index (χ4n) is 3.11. The molecule has 0 aromatic heterocycles. The molecule has 0 aliphatic heterocycles. The van der Waals surface area contributed by atoms with Crippen LogP contribution < -0.4 is 5.32 Å². The van der Waals surface area contributed by atoms with Crippen molar-refractivity contribution < 1.29 is 19.4 Å². The lowest BCUT2D eigenvalue weighted by Gasteiger charge is -2.28. The molecule has 2 rings (SSSR count). The standard InChI is InChI=1S/C22H27NO4/c1-15(2)14-18(24)21(25)23-20(22(26)27-3)19(16-10-6-4-7-11-16)17-12-8-5-9-13-17/h4-13,15,18-20,24H,14H2,1-3H3,(H,23,25)/t18-,20-/m1/s1. The van der Waals surface area contributed by atoms with Crippen molar-refractivity contribution in [3.63, 3.8) is 0 Å². The van der Waals surface area contributed by atoms with Gasteiger partial charge in [-0.3, -0.25) is 4.79 Å². The van der Waals surface area contributed by atoms with E-state index in [9.17, 15) is 14.7 Å². The largest absolute Gasteiger partial charge is 0.467 e. The van der Waals surface area contributed by atoms with Crippen LogP contribution in [-0.2, 0) is 14.3 Å². The smallest absolute Gasteiger partial charge is 0.329 e. The second-order valence-electron chi connectivity index (χ2n) is 6.95. The first-order chi connectivity index (χ1) is 12.9. The minimum atomic E-state index is -1.18. The summed E-state index contributed by atoms with van der Waals surface area (Å²) in [5.74, 6) is -1.41. The summed E-state index contributed by atoms with van der Waals surface area (Å²) in [6.07, 6.45) is -0.856. The van der Waals surface area contributed by atoms with Crippen molar-refractivity contribution in [3.05, 3.63) is 71.8 Å². The predicted molar refractivity (Wildman–Crippen MR) is 104 cm³/mol. The summed E-state index contributed by atoms with van der Waals surface area (Å²) in [5, 5.41) is 12.9. The highest BCUT2D eigenvalue weighted by atomic mass is 16.5. The molecule has 27 heavy (non-hydrogen) atoms. The van der Waals surface area contributed by atoms with E-state index >= 15 is 0 Å². The predicted octanol–water partition coefficient (Wildman–Crippen LogP) is 2.88. The van der Waals surface area contributed by atoms with Crippen LogP contribution in [0.3, 0.4) is 0 Å². The molecule has 5 heteroatoms. The van der Waals surface area contributed by atoms with Crippen LogP contribution in [0.1, 0.15) is 37.3 Å². The second-order valence-corrected chi connectivity index (χ2v) is 6.95. The molecule has 0 aliphatic rings. The van der Waals surface area contributed by atoms with Crippen LogP contribution in [0.2, 0.25) is 0 Å². The lowest BCUT2D eigenvalue weighted by Crippen LogP contribution is -2.49. The molecule has 2 atom stereocenters. The molecule has 0 aliphatic carbocycles. The minimum Gasteiger partial charge on any atom is -0.467 e. The minimum absolute atomic E-state index is 0.154. The summed E-state index contributed by atoms with van der Waals surface area (Å²) in [4.78, 5) is 25.1. The Kier molecular flexibility index (Phi) is 7.55. The van der Waals surface area contributed by atoms with Crippen LogP contribution in [0.5, 0.6) is 0 Å². The molecular weight excluding hydrogens is 342 g/mol. The first-order valence-corrected chi connectivity index (χ1v) is 9.10. The Bertz CT molecular complexity index is 691. The Balaban J connectivity index is 2.40. The summed E-state index contributed by atoms with van der Waals surface area (Å²) >= 11 is 0. The van der Waals surface area contributed by atoms with Crippen LogP contribution in [-0.4, -0.2) is 36.2 Å². The molecule has 0 spiro atoms. The maximum absolute atomic E-state index is 12.6. The molecule has 0 radical (unpaired) electrons. The average Bonchev–Trinajstić information content (AvgIpc) is 2.68. The van der Waals surface area contributed by atoms with Gasteiger partial charge in [0.1, 0.15) is 12.1 Å². The van der Waals surface area contributed by atoms with Gasteiger partial charge >= 0.3 is 5.97 Å². The third-order valence-corrected chi connectivity index (χ3v) is 4.40. The third-order valence-electron chi connectivity index (χ3n) is 4.40. The van der Waals surface area contributed by atoms with Gasteiger partial charge in [-0.25, -0.2) is 4.79 Å². The Morgan fingerprint density at radius 2 is 1.44 bits per heavy atom. The second kappa shape index (κ2) is 9.88. The van der Waals surface area contributed by atoms with E-state index in [4.69, 9.17) is 4.74 Å². The van der Waals surface area contributed by atoms with Gasteiger partial charge in [0.25, 0.3) is 0 Å². The molecule has 0 fully saturated rings. The monoisotopic (exact) mass is 369 g/mol. The number of ether oxygens (including phenoxy) is 1. The van der Waals surface area contributed by atoms with E-state index in [2.05, 4.69) is 5.32 Å². The number of aliphatic hydroxyl groups is 1. The van der Waals surface area contributed by atoms with Crippen molar-refractivity contribution in [2.45, 2.75) is 38.3 Å². The summed E-state index contributed by atoms with van der Waals surface area (Å²) in [6, 6.07) is 18.0. The fraction of sp³-hybridized carbons (Fsp3) is 0.364. The maximum Gasteiger partial charge on any atom is 0.329 e. The molecular formula is C22H27NO4. The number of carbonyl (C=O) groups is 2. The van der Waals surface area contributed by atoms with Gasteiger partial charge < -0.3 is 15.2 Å². The van der Waals surface area contributed by atoms with Crippen molar-refractivity contribution in [2.75, 3.05) is 7.11 Å². The van der Waals surface area contributed by atoms with Gasteiger partial charge in [0.2, 0.25) is 5.91 Å². The van der Waals surface area contributed by atoms with Crippen molar-refractivity contribution >= 4 is 11.9 Å². The Labute approximate surface area is 160 Å². The Morgan fingerprint density at radius 3 is 1.85 bits per heavy atom. The molecule has 0 heterocycles. The van der Waals surface area contributed by atoms with Gasteiger partial charge in [0.15, 0.2) is 0 Å². The Morgan fingerprint density at radius 1 is 0.963 bits per heavy atom. The number of hydrogen-bond acceptors (Lipinski definition) is 4. The van der Waals surface area contributed by atoms with Gasteiger partial charge in [0.05, 0.1) is 7.11 Å². The highest BCUT2D eigenvalue weighted by Crippen LogP contribution is 2.29. The lowest BCUT2D eigenvalue weighted by molar-refractivity contribution is -0.146. The van der Waals surface area contributed by atoms with Gasteiger partial charge in [-0.15, -0.1) is 0 Å². The zero-order valence-corrected chi connectivity index (χ0v) is 16.0. The summed E-state index contributed by atoms with van der Waals surface area (Å²) in [6.45, 7) is 3.84. The summed E-state index contributed by atoms with van der Waals surface area (Å²) < 4.78 is 4.96. The first-order valence-electron chi connectivity index (χ1n) is 9.10. The number of methoxy groups -OCH3 is 1. The van der Waals surface area contributed by atoms with Gasteiger partial charge in [-0.2, -0.15) is 0 Å². The first kappa shape index (κ1) is 20.6. The van der Waals surface area contributed by atoms with Gasteiger partial charge in [-0.05, 0) is 23.5 Å². The van der Waals surface area contributed by atoms with E-state index in [1.54, 1.807) is 0 Å². The van der Waals surface area contributed by atoms with Crippen LogP contribution >= 0.6 is 0 Å². The summed E-state index contributed by atoms with van der Waals surface area (Å²) in [7, 11) is 1.29. The number of esters is 1. The third kappa shape index (κ3) is 5.66. The number of carbonyl (C=O) groups excluding carboxylic acids is 2. The van der Waals surface area contributed by atoms with Crippen LogP contribution in [0.4, 0.5) is 0 Å². The molecule has 5 nitrogen and oxygen atoms in total. The van der Waals surface area contributed by atoms with Crippen molar-refractivity contribution in [1.82, 2.24) is 5.32 Å². The number of aliphatic hydroxyl groups excluding tert-OH is 1. The molecule has 1 amide bonds. The van der Waals surface area contributed by atoms with Crippen LogP contribution in [0, 0.1) is 5.92 Å². The lowest BCUT2D eigenvalue weighted by atomic mass is 9.84. The van der Waals surface area contributed by atoms with Crippen LogP contribution in [0.15, 0.2) is 60.7 Å². The van der Waals surface area contributed by atoms with E-state index in [0.29, 0.717) is 6.42 Å². The highest BCUT2D eigenvalue weighted by Gasteiger charge is 2.34. The topological polar surface area (TPSA) is 75.6 Å². The molecule has 2 aromatic rings. The van der Waals surface area contributed by atoms with E-state index in [0.717, 1.165) is 11.1 Å².